The summed E-state index contributed by atoms with van der Waals surface area (Å²) in [5.74, 6) is 1.16. The Labute approximate surface area is 109 Å². The molecule has 0 spiro atoms. The van der Waals surface area contributed by atoms with E-state index in [1.807, 2.05) is 0 Å². The highest BCUT2D eigenvalue weighted by molar-refractivity contribution is 5.78. The lowest BCUT2D eigenvalue weighted by atomic mass is 9.79. The summed E-state index contributed by atoms with van der Waals surface area (Å²) in [6.45, 7) is 2.42. The van der Waals surface area contributed by atoms with Crippen LogP contribution in [0.3, 0.4) is 0 Å². The minimum Gasteiger partial charge on any atom is -0.396 e. The molecule has 0 aromatic carbocycles. The van der Waals surface area contributed by atoms with Crippen LogP contribution in [-0.2, 0) is 9.53 Å². The number of aliphatic hydroxyl groups excluding tert-OH is 1. The van der Waals surface area contributed by atoms with Crippen LogP contribution >= 0.6 is 0 Å². The van der Waals surface area contributed by atoms with E-state index in [1.54, 1.807) is 0 Å². The van der Waals surface area contributed by atoms with Gasteiger partial charge in [-0.15, -0.1) is 0 Å². The van der Waals surface area contributed by atoms with Crippen molar-refractivity contribution in [1.29, 1.82) is 0 Å². The van der Waals surface area contributed by atoms with Gasteiger partial charge in [0.25, 0.3) is 0 Å². The van der Waals surface area contributed by atoms with Gasteiger partial charge >= 0.3 is 0 Å². The normalized spacial score (nSPS) is 30.1. The molecule has 104 valence electrons. The molecule has 1 saturated carbocycles. The molecule has 2 fully saturated rings. The number of carbonyl (C=O) groups is 1. The van der Waals surface area contributed by atoms with E-state index in [1.165, 1.54) is 12.8 Å². The van der Waals surface area contributed by atoms with Crippen molar-refractivity contribution >= 4 is 5.91 Å². The average molecular weight is 255 g/mol. The molecule has 0 aromatic heterocycles. The zero-order chi connectivity index (χ0) is 12.8. The fourth-order valence-electron chi connectivity index (χ4n) is 3.13. The molecule has 4 nitrogen and oxygen atoms in total. The third-order valence-corrected chi connectivity index (χ3v) is 4.43. The lowest BCUT2D eigenvalue weighted by Gasteiger charge is -2.31. The first-order chi connectivity index (χ1) is 8.81. The fraction of sp³-hybridized carbons (Fsp3) is 0.929. The topological polar surface area (TPSA) is 58.6 Å². The lowest BCUT2D eigenvalue weighted by Crippen LogP contribution is -2.39. The number of nitrogens with one attached hydrogen (secondary N) is 1. The highest BCUT2D eigenvalue weighted by Gasteiger charge is 2.26. The van der Waals surface area contributed by atoms with Crippen molar-refractivity contribution in [2.75, 3.05) is 26.4 Å². The first kappa shape index (κ1) is 13.8. The predicted octanol–water partition coefficient (Wildman–Crippen LogP) is 1.33. The molecular formula is C14H25NO3. The Kier molecular flexibility index (Phi) is 5.45. The third-order valence-electron chi connectivity index (χ3n) is 4.43. The Morgan fingerprint density at radius 3 is 2.44 bits per heavy atom. The van der Waals surface area contributed by atoms with Gasteiger partial charge in [-0.1, -0.05) is 12.8 Å². The first-order valence-corrected chi connectivity index (χ1v) is 7.27. The number of aliphatic hydroxyl groups is 1. The van der Waals surface area contributed by atoms with Crippen molar-refractivity contribution in [3.8, 4) is 0 Å². The van der Waals surface area contributed by atoms with Crippen molar-refractivity contribution in [2.45, 2.75) is 38.5 Å². The molecule has 4 heteroatoms. The maximum atomic E-state index is 12.0. The van der Waals surface area contributed by atoms with Crippen LogP contribution in [0.2, 0.25) is 0 Å². The standard InChI is InChI=1S/C14H25NO3/c16-10-13-4-2-1-3-12(13)9-15-14(17)11-5-7-18-8-6-11/h11-13,16H,1-10H2,(H,15,17). The molecule has 2 N–H and O–H groups in total. The Morgan fingerprint density at radius 2 is 1.78 bits per heavy atom. The van der Waals surface area contributed by atoms with E-state index in [9.17, 15) is 9.90 Å². The Balaban J connectivity index is 1.73. The van der Waals surface area contributed by atoms with E-state index in [2.05, 4.69) is 5.32 Å². The van der Waals surface area contributed by atoms with Gasteiger partial charge in [-0.05, 0) is 37.5 Å². The molecule has 2 rings (SSSR count). The number of amides is 1. The summed E-state index contributed by atoms with van der Waals surface area (Å²) in [6.07, 6.45) is 6.39. The lowest BCUT2D eigenvalue weighted by molar-refractivity contribution is -0.128. The fourth-order valence-corrected chi connectivity index (χ4v) is 3.13. The summed E-state index contributed by atoms with van der Waals surface area (Å²) in [5, 5.41) is 12.4. The van der Waals surface area contributed by atoms with Crippen molar-refractivity contribution in [3.63, 3.8) is 0 Å². The van der Waals surface area contributed by atoms with Crippen molar-refractivity contribution < 1.29 is 14.6 Å². The number of ether oxygens (including phenoxy) is 1. The second-order valence-corrected chi connectivity index (χ2v) is 5.62. The van der Waals surface area contributed by atoms with Gasteiger partial charge in [0.15, 0.2) is 0 Å². The quantitative estimate of drug-likeness (QED) is 0.796. The molecule has 18 heavy (non-hydrogen) atoms. The highest BCUT2D eigenvalue weighted by Crippen LogP contribution is 2.29. The van der Waals surface area contributed by atoms with E-state index in [-0.39, 0.29) is 18.4 Å². The summed E-state index contributed by atoms with van der Waals surface area (Å²) >= 11 is 0. The maximum absolute atomic E-state index is 12.0. The molecule has 2 unspecified atom stereocenters. The van der Waals surface area contributed by atoms with Gasteiger partial charge in [0.05, 0.1) is 0 Å². The molecule has 1 heterocycles. The van der Waals surface area contributed by atoms with Crippen molar-refractivity contribution in [1.82, 2.24) is 5.32 Å². The summed E-state index contributed by atoms with van der Waals surface area (Å²) in [7, 11) is 0. The largest absolute Gasteiger partial charge is 0.396 e. The minimum atomic E-state index is 0.134. The second-order valence-electron chi connectivity index (χ2n) is 5.62. The van der Waals surface area contributed by atoms with E-state index in [4.69, 9.17) is 4.74 Å². The molecule has 0 aromatic rings. The van der Waals surface area contributed by atoms with Crippen molar-refractivity contribution in [3.05, 3.63) is 0 Å². The van der Waals surface area contributed by atoms with Gasteiger partial charge in [-0.2, -0.15) is 0 Å². The van der Waals surface area contributed by atoms with Crippen LogP contribution in [0.1, 0.15) is 38.5 Å². The van der Waals surface area contributed by atoms with Crippen LogP contribution < -0.4 is 5.32 Å². The maximum Gasteiger partial charge on any atom is 0.223 e. The minimum absolute atomic E-state index is 0.134. The second kappa shape index (κ2) is 7.10. The summed E-state index contributed by atoms with van der Waals surface area (Å²) in [6, 6.07) is 0. The molecule has 0 radical (unpaired) electrons. The SMILES string of the molecule is O=C(NCC1CCCCC1CO)C1CCOCC1. The van der Waals surface area contributed by atoms with Gasteiger partial charge in [0, 0.05) is 32.3 Å². The van der Waals surface area contributed by atoms with E-state index < -0.39 is 0 Å². The molecule has 1 aliphatic heterocycles. The first-order valence-electron chi connectivity index (χ1n) is 7.27. The summed E-state index contributed by atoms with van der Waals surface area (Å²) in [4.78, 5) is 12.0. The molecule has 2 aliphatic rings. The Hall–Kier alpha value is -0.610. The Morgan fingerprint density at radius 1 is 1.11 bits per heavy atom. The van der Waals surface area contributed by atoms with Crippen LogP contribution in [0, 0.1) is 17.8 Å². The van der Waals surface area contributed by atoms with E-state index in [0.29, 0.717) is 25.0 Å². The zero-order valence-corrected chi connectivity index (χ0v) is 11.1. The van der Waals surface area contributed by atoms with Crippen LogP contribution in [0.15, 0.2) is 0 Å². The van der Waals surface area contributed by atoms with Crippen LogP contribution in [0.5, 0.6) is 0 Å². The van der Waals surface area contributed by atoms with Crippen molar-refractivity contribution in [2.24, 2.45) is 17.8 Å². The highest BCUT2D eigenvalue weighted by atomic mass is 16.5. The zero-order valence-electron chi connectivity index (χ0n) is 11.1. The van der Waals surface area contributed by atoms with E-state index in [0.717, 1.165) is 32.2 Å². The number of hydrogen-bond acceptors (Lipinski definition) is 3. The number of rotatable bonds is 4. The predicted molar refractivity (Wildman–Crippen MR) is 69.1 cm³/mol. The van der Waals surface area contributed by atoms with Crippen LogP contribution in [-0.4, -0.2) is 37.4 Å². The van der Waals surface area contributed by atoms with E-state index >= 15 is 0 Å². The summed E-state index contributed by atoms with van der Waals surface area (Å²) < 4.78 is 5.27. The number of carbonyl (C=O) groups excluding carboxylic acids is 1. The molecule has 1 amide bonds. The number of hydrogen-bond donors (Lipinski definition) is 2. The summed E-state index contributed by atoms with van der Waals surface area (Å²) in [5.41, 5.74) is 0. The Bertz CT molecular complexity index is 264. The van der Waals surface area contributed by atoms with Gasteiger partial charge < -0.3 is 15.2 Å². The van der Waals surface area contributed by atoms with Gasteiger partial charge in [-0.25, -0.2) is 0 Å². The monoisotopic (exact) mass is 255 g/mol. The average Bonchev–Trinajstić information content (AvgIpc) is 2.46. The van der Waals surface area contributed by atoms with Crippen LogP contribution in [0.4, 0.5) is 0 Å². The van der Waals surface area contributed by atoms with Gasteiger partial charge in [0.1, 0.15) is 0 Å². The third kappa shape index (κ3) is 3.69. The smallest absolute Gasteiger partial charge is 0.223 e. The van der Waals surface area contributed by atoms with Gasteiger partial charge in [-0.3, -0.25) is 4.79 Å². The molecule has 1 saturated heterocycles. The molecule has 1 aliphatic carbocycles. The molecule has 2 atom stereocenters. The molecular weight excluding hydrogens is 230 g/mol. The van der Waals surface area contributed by atoms with Gasteiger partial charge in [0.2, 0.25) is 5.91 Å². The van der Waals surface area contributed by atoms with Crippen LogP contribution in [0.25, 0.3) is 0 Å². The molecule has 0 bridgehead atoms.